The van der Waals surface area contributed by atoms with E-state index in [1.807, 2.05) is 32.9 Å². The lowest BCUT2D eigenvalue weighted by Crippen LogP contribution is -2.26. The Morgan fingerprint density at radius 3 is 2.55 bits per heavy atom. The predicted octanol–water partition coefficient (Wildman–Crippen LogP) is 4.33. The number of fused-ring (bicyclic) bond motifs is 1. The van der Waals surface area contributed by atoms with Gasteiger partial charge >= 0.3 is 0 Å². The normalized spacial score (nSPS) is 30.0. The summed E-state index contributed by atoms with van der Waals surface area (Å²) in [5.41, 5.74) is 0.574. The Labute approximate surface area is 122 Å². The van der Waals surface area contributed by atoms with E-state index in [0.717, 1.165) is 5.39 Å². The molecule has 0 aliphatic carbocycles. The molecule has 2 heterocycles. The van der Waals surface area contributed by atoms with E-state index in [2.05, 4.69) is 0 Å². The summed E-state index contributed by atoms with van der Waals surface area (Å²) < 4.78 is 11.4. The number of rotatable bonds is 2. The van der Waals surface area contributed by atoms with E-state index in [1.165, 1.54) is 0 Å². The molecule has 3 nitrogen and oxygen atoms in total. The van der Waals surface area contributed by atoms with Crippen molar-refractivity contribution in [2.45, 2.75) is 33.0 Å². The summed E-state index contributed by atoms with van der Waals surface area (Å²) in [4.78, 5) is 12.7. The number of carbonyl (C=O) groups is 1. The molecule has 0 N–H and O–H groups in total. The molecule has 106 valence electrons. The van der Waals surface area contributed by atoms with Gasteiger partial charge in [0.15, 0.2) is 11.3 Å². The molecule has 0 saturated carbocycles. The Hall–Kier alpha value is -1.32. The zero-order valence-electron chi connectivity index (χ0n) is 11.7. The number of Topliss-reactive ketones (excluding diaryl/α,β-unsaturated/α-hetero) is 1. The summed E-state index contributed by atoms with van der Waals surface area (Å²) >= 11 is 6.09. The average Bonchev–Trinajstić information content (AvgIpc) is 2.93. The number of carbonyl (C=O) groups excluding carboxylic acids is 1. The minimum absolute atomic E-state index is 0.00150. The van der Waals surface area contributed by atoms with Gasteiger partial charge in [0.1, 0.15) is 0 Å². The van der Waals surface area contributed by atoms with E-state index in [0.29, 0.717) is 16.4 Å². The third kappa shape index (κ3) is 2.05. The van der Waals surface area contributed by atoms with Crippen molar-refractivity contribution in [1.82, 2.24) is 0 Å². The number of ether oxygens (including phenoxy) is 1. The molecule has 0 amide bonds. The molecule has 0 radical (unpaired) electrons. The minimum Gasteiger partial charge on any atom is -0.451 e. The van der Waals surface area contributed by atoms with Crippen LogP contribution in [0.3, 0.4) is 0 Å². The molecule has 20 heavy (non-hydrogen) atoms. The van der Waals surface area contributed by atoms with Crippen LogP contribution in [-0.4, -0.2) is 18.0 Å². The zero-order valence-corrected chi connectivity index (χ0v) is 12.5. The number of halogens is 1. The average molecular weight is 293 g/mol. The molecule has 3 rings (SSSR count). The molecule has 1 aromatic carbocycles. The van der Waals surface area contributed by atoms with Crippen molar-refractivity contribution in [3.05, 3.63) is 35.0 Å². The van der Waals surface area contributed by atoms with E-state index < -0.39 is 0 Å². The van der Waals surface area contributed by atoms with E-state index >= 15 is 0 Å². The van der Waals surface area contributed by atoms with Gasteiger partial charge in [0, 0.05) is 5.39 Å². The standard InChI is InChI=1S/C16H17ClO3/c1-8-9(2)19-10(3)14(8)15(18)13-7-11-5-4-6-12(17)16(11)20-13/h4-10,14H,1-3H3. The fourth-order valence-electron chi connectivity index (χ4n) is 3.03. The Morgan fingerprint density at radius 2 is 1.95 bits per heavy atom. The number of hydrogen-bond donors (Lipinski definition) is 0. The fraction of sp³-hybridized carbons (Fsp3) is 0.438. The first kappa shape index (κ1) is 13.7. The van der Waals surface area contributed by atoms with Gasteiger partial charge in [0.25, 0.3) is 0 Å². The highest BCUT2D eigenvalue weighted by Gasteiger charge is 2.42. The first-order valence-corrected chi connectivity index (χ1v) is 7.24. The third-order valence-electron chi connectivity index (χ3n) is 4.28. The van der Waals surface area contributed by atoms with E-state index in [1.54, 1.807) is 12.1 Å². The summed E-state index contributed by atoms with van der Waals surface area (Å²) in [5, 5.41) is 1.38. The van der Waals surface area contributed by atoms with Gasteiger partial charge in [0.2, 0.25) is 5.78 Å². The van der Waals surface area contributed by atoms with Crippen LogP contribution in [0, 0.1) is 11.8 Å². The maximum absolute atomic E-state index is 12.7. The molecule has 4 heteroatoms. The molecule has 1 fully saturated rings. The number of ketones is 1. The van der Waals surface area contributed by atoms with Gasteiger partial charge in [-0.25, -0.2) is 0 Å². The molecule has 1 aromatic heterocycles. The lowest BCUT2D eigenvalue weighted by molar-refractivity contribution is 0.0485. The highest BCUT2D eigenvalue weighted by atomic mass is 35.5. The summed E-state index contributed by atoms with van der Waals surface area (Å²) in [6, 6.07) is 7.27. The van der Waals surface area contributed by atoms with Crippen molar-refractivity contribution in [1.29, 1.82) is 0 Å². The van der Waals surface area contributed by atoms with Gasteiger partial charge in [-0.1, -0.05) is 30.7 Å². The molecule has 0 bridgehead atoms. The maximum Gasteiger partial charge on any atom is 0.204 e. The topological polar surface area (TPSA) is 39.4 Å². The maximum atomic E-state index is 12.7. The second kappa shape index (κ2) is 4.90. The second-order valence-electron chi connectivity index (χ2n) is 5.56. The van der Waals surface area contributed by atoms with Crippen LogP contribution >= 0.6 is 11.6 Å². The van der Waals surface area contributed by atoms with Gasteiger partial charge in [-0.3, -0.25) is 4.79 Å². The summed E-state index contributed by atoms with van der Waals surface area (Å²) in [7, 11) is 0. The SMILES string of the molecule is CC1OC(C)C(C(=O)c2cc3cccc(Cl)c3o2)C1C. The molecular weight excluding hydrogens is 276 g/mol. The fourth-order valence-corrected chi connectivity index (χ4v) is 3.25. The smallest absolute Gasteiger partial charge is 0.204 e. The Bertz CT molecular complexity index is 661. The van der Waals surface area contributed by atoms with Crippen molar-refractivity contribution < 1.29 is 13.9 Å². The van der Waals surface area contributed by atoms with Crippen molar-refractivity contribution in [2.75, 3.05) is 0 Å². The number of furan rings is 1. The molecule has 2 aromatic rings. The van der Waals surface area contributed by atoms with Gasteiger partial charge in [0.05, 0.1) is 23.1 Å². The van der Waals surface area contributed by atoms with E-state index in [9.17, 15) is 4.79 Å². The molecule has 4 unspecified atom stereocenters. The van der Waals surface area contributed by atoms with Crippen LogP contribution in [0.5, 0.6) is 0 Å². The molecule has 4 atom stereocenters. The summed E-state index contributed by atoms with van der Waals surface area (Å²) in [6.07, 6.45) is 0.00287. The first-order valence-electron chi connectivity index (χ1n) is 6.86. The lowest BCUT2D eigenvalue weighted by atomic mass is 9.85. The largest absolute Gasteiger partial charge is 0.451 e. The Balaban J connectivity index is 1.99. The Kier molecular flexibility index (Phi) is 3.35. The van der Waals surface area contributed by atoms with Gasteiger partial charge in [-0.05, 0) is 31.9 Å². The summed E-state index contributed by atoms with van der Waals surface area (Å²) in [5.74, 6) is 0.390. The van der Waals surface area contributed by atoms with Crippen LogP contribution in [0.4, 0.5) is 0 Å². The number of benzene rings is 1. The predicted molar refractivity (Wildman–Crippen MR) is 78.2 cm³/mol. The molecule has 1 saturated heterocycles. The first-order chi connectivity index (χ1) is 9.49. The number of hydrogen-bond acceptors (Lipinski definition) is 3. The molecule has 1 aliphatic heterocycles. The van der Waals surface area contributed by atoms with Crippen molar-refractivity contribution in [2.24, 2.45) is 11.8 Å². The second-order valence-corrected chi connectivity index (χ2v) is 5.97. The van der Waals surface area contributed by atoms with Crippen molar-refractivity contribution >= 4 is 28.4 Å². The molecular formula is C16H17ClO3. The zero-order chi connectivity index (χ0) is 14.4. The van der Waals surface area contributed by atoms with Crippen LogP contribution in [0.25, 0.3) is 11.0 Å². The van der Waals surface area contributed by atoms with Crippen LogP contribution in [0.2, 0.25) is 5.02 Å². The quantitative estimate of drug-likeness (QED) is 0.774. The third-order valence-corrected chi connectivity index (χ3v) is 4.58. The van der Waals surface area contributed by atoms with Crippen LogP contribution in [0.15, 0.2) is 28.7 Å². The van der Waals surface area contributed by atoms with Gasteiger partial charge < -0.3 is 9.15 Å². The Morgan fingerprint density at radius 1 is 1.20 bits per heavy atom. The van der Waals surface area contributed by atoms with Gasteiger partial charge in [-0.2, -0.15) is 0 Å². The minimum atomic E-state index is -0.163. The highest BCUT2D eigenvalue weighted by Crippen LogP contribution is 2.36. The lowest BCUT2D eigenvalue weighted by Gasteiger charge is -2.15. The van der Waals surface area contributed by atoms with Crippen molar-refractivity contribution in [3.8, 4) is 0 Å². The van der Waals surface area contributed by atoms with Crippen LogP contribution in [0.1, 0.15) is 31.3 Å². The van der Waals surface area contributed by atoms with Crippen molar-refractivity contribution in [3.63, 3.8) is 0 Å². The molecule has 1 aliphatic rings. The van der Waals surface area contributed by atoms with Crippen LogP contribution in [-0.2, 0) is 4.74 Å². The number of para-hydroxylation sites is 1. The van der Waals surface area contributed by atoms with Gasteiger partial charge in [-0.15, -0.1) is 0 Å². The van der Waals surface area contributed by atoms with E-state index in [-0.39, 0.29) is 29.8 Å². The van der Waals surface area contributed by atoms with Crippen LogP contribution < -0.4 is 0 Å². The summed E-state index contributed by atoms with van der Waals surface area (Å²) in [6.45, 7) is 5.99. The molecule has 0 spiro atoms. The van der Waals surface area contributed by atoms with E-state index in [4.69, 9.17) is 20.8 Å². The highest BCUT2D eigenvalue weighted by molar-refractivity contribution is 6.34. The monoisotopic (exact) mass is 292 g/mol.